The van der Waals surface area contributed by atoms with Crippen molar-refractivity contribution >= 4 is 5.82 Å². The minimum absolute atomic E-state index is 0.312. The molecule has 1 heterocycles. The van der Waals surface area contributed by atoms with Crippen molar-refractivity contribution in [2.75, 3.05) is 18.5 Å². The van der Waals surface area contributed by atoms with Gasteiger partial charge in [0.2, 0.25) is 5.88 Å². The molecule has 0 aromatic carbocycles. The number of nitrogens with one attached hydrogen (secondary N) is 1. The van der Waals surface area contributed by atoms with Gasteiger partial charge in [0.05, 0.1) is 6.61 Å². The van der Waals surface area contributed by atoms with Crippen LogP contribution in [0.4, 0.5) is 5.82 Å². The summed E-state index contributed by atoms with van der Waals surface area (Å²) in [5, 5.41) is 3.33. The zero-order valence-electron chi connectivity index (χ0n) is 13.0. The minimum atomic E-state index is 0.312. The molecular formula is C16H27N3O. The number of ether oxygens (including phenoxy) is 1. The van der Waals surface area contributed by atoms with E-state index >= 15 is 0 Å². The first-order valence-corrected chi connectivity index (χ1v) is 7.94. The summed E-state index contributed by atoms with van der Waals surface area (Å²) in [5.41, 5.74) is 0. The second-order valence-electron chi connectivity index (χ2n) is 5.99. The van der Waals surface area contributed by atoms with Crippen LogP contribution in [0.25, 0.3) is 0 Å². The summed E-state index contributed by atoms with van der Waals surface area (Å²) in [5.74, 6) is 3.47. The Morgan fingerprint density at radius 1 is 1.30 bits per heavy atom. The maximum atomic E-state index is 5.91. The van der Waals surface area contributed by atoms with Gasteiger partial charge in [-0.2, -0.15) is 4.98 Å². The highest BCUT2D eigenvalue weighted by atomic mass is 16.5. The molecule has 1 N–H and O–H groups in total. The van der Waals surface area contributed by atoms with Gasteiger partial charge in [-0.25, -0.2) is 4.98 Å². The lowest BCUT2D eigenvalue weighted by Crippen LogP contribution is -2.12. The van der Waals surface area contributed by atoms with Crippen LogP contribution in [0.2, 0.25) is 0 Å². The van der Waals surface area contributed by atoms with Crippen LogP contribution >= 0.6 is 0 Å². The van der Waals surface area contributed by atoms with Crippen molar-refractivity contribution in [1.29, 1.82) is 0 Å². The van der Waals surface area contributed by atoms with Gasteiger partial charge in [-0.3, -0.25) is 0 Å². The molecule has 20 heavy (non-hydrogen) atoms. The smallest absolute Gasteiger partial charge is 0.218 e. The molecule has 0 aliphatic heterocycles. The second kappa shape index (κ2) is 7.46. The predicted octanol–water partition coefficient (Wildman–Crippen LogP) is 3.99. The highest BCUT2D eigenvalue weighted by Gasteiger charge is 2.16. The van der Waals surface area contributed by atoms with Crippen LogP contribution in [0, 0.1) is 5.92 Å². The lowest BCUT2D eigenvalue weighted by atomic mass is 10.1. The summed E-state index contributed by atoms with van der Waals surface area (Å²) in [6, 6.07) is 1.93. The van der Waals surface area contributed by atoms with Crippen molar-refractivity contribution < 1.29 is 4.74 Å². The molecular weight excluding hydrogens is 250 g/mol. The Hall–Kier alpha value is -1.32. The molecule has 4 heteroatoms. The van der Waals surface area contributed by atoms with E-state index in [1.165, 1.54) is 25.7 Å². The summed E-state index contributed by atoms with van der Waals surface area (Å²) < 4.78 is 5.91. The molecule has 0 radical (unpaired) electrons. The van der Waals surface area contributed by atoms with E-state index in [0.717, 1.165) is 31.2 Å². The number of anilines is 1. The van der Waals surface area contributed by atoms with Crippen LogP contribution in [0.1, 0.15) is 64.6 Å². The Morgan fingerprint density at radius 2 is 2.05 bits per heavy atom. The zero-order chi connectivity index (χ0) is 14.4. The molecule has 0 amide bonds. The largest absolute Gasteiger partial charge is 0.477 e. The van der Waals surface area contributed by atoms with Gasteiger partial charge in [0.15, 0.2) is 0 Å². The Kier molecular flexibility index (Phi) is 5.62. The van der Waals surface area contributed by atoms with Crippen molar-refractivity contribution in [2.24, 2.45) is 5.92 Å². The van der Waals surface area contributed by atoms with Crippen molar-refractivity contribution in [3.8, 4) is 5.88 Å². The number of hydrogen-bond acceptors (Lipinski definition) is 4. The molecule has 4 nitrogen and oxygen atoms in total. The first-order chi connectivity index (χ1) is 9.69. The van der Waals surface area contributed by atoms with Crippen LogP contribution in [0.3, 0.4) is 0 Å². The number of aromatic nitrogens is 2. The maximum absolute atomic E-state index is 5.91. The van der Waals surface area contributed by atoms with E-state index in [4.69, 9.17) is 4.74 Å². The summed E-state index contributed by atoms with van der Waals surface area (Å²) in [7, 11) is 0. The fourth-order valence-electron chi connectivity index (χ4n) is 2.50. The topological polar surface area (TPSA) is 47.0 Å². The van der Waals surface area contributed by atoms with Gasteiger partial charge in [-0.1, -0.05) is 33.6 Å². The van der Waals surface area contributed by atoms with E-state index in [1.807, 2.05) is 6.07 Å². The van der Waals surface area contributed by atoms with Gasteiger partial charge < -0.3 is 10.1 Å². The average molecular weight is 277 g/mol. The SMILES string of the molecule is CCCNc1cc(OCC2CCCC2)nc(C(C)C)n1. The molecule has 0 saturated heterocycles. The first-order valence-electron chi connectivity index (χ1n) is 7.94. The second-order valence-corrected chi connectivity index (χ2v) is 5.99. The third-order valence-corrected chi connectivity index (χ3v) is 3.73. The molecule has 0 spiro atoms. The van der Waals surface area contributed by atoms with E-state index in [-0.39, 0.29) is 0 Å². The van der Waals surface area contributed by atoms with Crippen LogP contribution in [0.5, 0.6) is 5.88 Å². The molecule has 0 atom stereocenters. The lowest BCUT2D eigenvalue weighted by molar-refractivity contribution is 0.242. The number of rotatable bonds is 7. The molecule has 0 bridgehead atoms. The molecule has 1 aliphatic carbocycles. The summed E-state index contributed by atoms with van der Waals surface area (Å²) in [6.07, 6.45) is 6.36. The Balaban J connectivity index is 2.02. The van der Waals surface area contributed by atoms with Crippen LogP contribution in [-0.2, 0) is 0 Å². The fraction of sp³-hybridized carbons (Fsp3) is 0.750. The van der Waals surface area contributed by atoms with Gasteiger partial charge in [0, 0.05) is 18.5 Å². The number of nitrogens with zero attached hydrogens (tertiary/aromatic N) is 2. The summed E-state index contributed by atoms with van der Waals surface area (Å²) in [4.78, 5) is 9.08. The van der Waals surface area contributed by atoms with Gasteiger partial charge in [0.1, 0.15) is 11.6 Å². The van der Waals surface area contributed by atoms with E-state index < -0.39 is 0 Å². The Morgan fingerprint density at radius 3 is 2.70 bits per heavy atom. The van der Waals surface area contributed by atoms with E-state index in [1.54, 1.807) is 0 Å². The number of hydrogen-bond donors (Lipinski definition) is 1. The van der Waals surface area contributed by atoms with Gasteiger partial charge in [-0.05, 0) is 25.2 Å². The summed E-state index contributed by atoms with van der Waals surface area (Å²) >= 11 is 0. The van der Waals surface area contributed by atoms with Crippen molar-refractivity contribution in [1.82, 2.24) is 9.97 Å². The normalized spacial score (nSPS) is 15.8. The average Bonchev–Trinajstić information content (AvgIpc) is 2.96. The standard InChI is InChI=1S/C16H27N3O/c1-4-9-17-14-10-15(19-16(18-14)12(2)3)20-11-13-7-5-6-8-13/h10,12-13H,4-9,11H2,1-3H3,(H,17,18,19). The third-order valence-electron chi connectivity index (χ3n) is 3.73. The molecule has 0 unspecified atom stereocenters. The molecule has 112 valence electrons. The van der Waals surface area contributed by atoms with Gasteiger partial charge in [0.25, 0.3) is 0 Å². The van der Waals surface area contributed by atoms with Crippen LogP contribution < -0.4 is 10.1 Å². The van der Waals surface area contributed by atoms with E-state index in [2.05, 4.69) is 36.1 Å². The van der Waals surface area contributed by atoms with E-state index in [9.17, 15) is 0 Å². The monoisotopic (exact) mass is 277 g/mol. The van der Waals surface area contributed by atoms with E-state index in [0.29, 0.717) is 17.7 Å². The van der Waals surface area contributed by atoms with Gasteiger partial charge >= 0.3 is 0 Å². The van der Waals surface area contributed by atoms with Gasteiger partial charge in [-0.15, -0.1) is 0 Å². The van der Waals surface area contributed by atoms with Crippen LogP contribution in [-0.4, -0.2) is 23.1 Å². The van der Waals surface area contributed by atoms with Crippen molar-refractivity contribution in [3.05, 3.63) is 11.9 Å². The Labute approximate surface area is 122 Å². The minimum Gasteiger partial charge on any atom is -0.477 e. The highest BCUT2D eigenvalue weighted by Crippen LogP contribution is 2.26. The molecule has 1 aromatic rings. The molecule has 1 saturated carbocycles. The molecule has 2 rings (SSSR count). The van der Waals surface area contributed by atoms with Crippen LogP contribution in [0.15, 0.2) is 6.07 Å². The predicted molar refractivity (Wildman–Crippen MR) is 82.4 cm³/mol. The maximum Gasteiger partial charge on any atom is 0.218 e. The van der Waals surface area contributed by atoms with Crippen molar-refractivity contribution in [3.63, 3.8) is 0 Å². The highest BCUT2D eigenvalue weighted by molar-refractivity contribution is 5.38. The first kappa shape index (κ1) is 15.1. The molecule has 1 fully saturated rings. The quantitative estimate of drug-likeness (QED) is 0.818. The molecule has 1 aromatic heterocycles. The fourth-order valence-corrected chi connectivity index (χ4v) is 2.50. The lowest BCUT2D eigenvalue weighted by Gasteiger charge is -2.14. The van der Waals surface area contributed by atoms with Crippen molar-refractivity contribution in [2.45, 2.75) is 58.8 Å². The Bertz CT molecular complexity index is 414. The molecule has 1 aliphatic rings. The third kappa shape index (κ3) is 4.36. The summed E-state index contributed by atoms with van der Waals surface area (Å²) in [6.45, 7) is 8.09. The zero-order valence-corrected chi connectivity index (χ0v) is 13.0.